The number of hydrogen-bond donors (Lipinski definition) is 2. The first-order chi connectivity index (χ1) is 14.6. The maximum absolute atomic E-state index is 12.3. The summed E-state index contributed by atoms with van der Waals surface area (Å²) in [5.41, 5.74) is 2.86. The molecule has 0 radical (unpaired) electrons. The molecular weight excluding hydrogens is 396 g/mol. The topological polar surface area (TPSA) is 82.6 Å². The van der Waals surface area contributed by atoms with Crippen molar-refractivity contribution >= 4 is 23.1 Å². The van der Waals surface area contributed by atoms with Gasteiger partial charge in [0.05, 0.1) is 24.1 Å². The van der Waals surface area contributed by atoms with E-state index in [2.05, 4.69) is 63.1 Å². The molecule has 0 saturated carbocycles. The van der Waals surface area contributed by atoms with E-state index in [1.54, 1.807) is 6.07 Å². The molecule has 0 fully saturated rings. The summed E-state index contributed by atoms with van der Waals surface area (Å²) in [6.45, 7) is 5.97. The molecule has 0 aliphatic rings. The summed E-state index contributed by atoms with van der Waals surface area (Å²) in [6.07, 6.45) is 1.00. The molecule has 0 unspecified atom stereocenters. The summed E-state index contributed by atoms with van der Waals surface area (Å²) in [4.78, 5) is 26.5. The van der Waals surface area contributed by atoms with E-state index < -0.39 is 0 Å². The van der Waals surface area contributed by atoms with Gasteiger partial charge in [-0.3, -0.25) is 14.8 Å². The van der Waals surface area contributed by atoms with E-state index in [1.165, 1.54) is 5.56 Å². The van der Waals surface area contributed by atoms with Gasteiger partial charge in [-0.05, 0) is 42.9 Å². The highest BCUT2D eigenvalue weighted by molar-refractivity contribution is 7.71. The summed E-state index contributed by atoms with van der Waals surface area (Å²) in [5.74, 6) is 1.37. The van der Waals surface area contributed by atoms with Crippen LogP contribution in [0.5, 0.6) is 0 Å². The molecule has 0 saturated heterocycles. The molecule has 0 spiro atoms. The zero-order chi connectivity index (χ0) is 21.1. The highest BCUT2D eigenvalue weighted by atomic mass is 32.1. The maximum Gasteiger partial charge on any atom is 0.258 e. The molecule has 4 rings (SSSR count). The first-order valence-electron chi connectivity index (χ1n) is 10.0. The molecule has 154 valence electrons. The predicted octanol–water partition coefficient (Wildman–Crippen LogP) is 3.89. The van der Waals surface area contributed by atoms with Gasteiger partial charge in [-0.1, -0.05) is 50.2 Å². The highest BCUT2D eigenvalue weighted by Crippen LogP contribution is 2.16. The highest BCUT2D eigenvalue weighted by Gasteiger charge is 2.11. The van der Waals surface area contributed by atoms with Crippen LogP contribution in [0.3, 0.4) is 0 Å². The van der Waals surface area contributed by atoms with Crippen LogP contribution in [0, 0.1) is 4.77 Å². The maximum atomic E-state index is 12.3. The molecule has 2 aromatic heterocycles. The SMILES string of the molecule is CCc1ccc(-c2nc(=S)n(CN(CC)Cc3nc4ccccc4c(=O)[nH]3)[nH]2)cc1. The molecule has 2 aromatic carbocycles. The molecule has 2 heterocycles. The van der Waals surface area contributed by atoms with Crippen molar-refractivity contribution in [3.05, 3.63) is 75.0 Å². The zero-order valence-corrected chi connectivity index (χ0v) is 17.9. The number of para-hydroxylation sites is 1. The minimum Gasteiger partial charge on any atom is -0.309 e. The number of fused-ring (bicyclic) bond motifs is 1. The summed E-state index contributed by atoms with van der Waals surface area (Å²) in [5, 5.41) is 3.89. The molecule has 0 amide bonds. The third-order valence-corrected chi connectivity index (χ3v) is 5.45. The Kier molecular flexibility index (Phi) is 5.87. The standard InChI is InChI=1S/C22H24N6OS/c1-3-15-9-11-16(12-10-15)20-25-22(30)28(26-20)14-27(4-2)13-19-23-18-8-6-5-7-17(18)21(29)24-19/h5-12H,3-4,13-14H2,1-2H3,(H,23,24,29)(H,25,26,30). The number of aromatic nitrogens is 5. The largest absolute Gasteiger partial charge is 0.309 e. The Hall–Kier alpha value is -3.10. The van der Waals surface area contributed by atoms with Gasteiger partial charge >= 0.3 is 0 Å². The van der Waals surface area contributed by atoms with Crippen LogP contribution < -0.4 is 5.56 Å². The van der Waals surface area contributed by atoms with Gasteiger partial charge in [-0.25, -0.2) is 9.67 Å². The fourth-order valence-electron chi connectivity index (χ4n) is 3.36. The number of rotatable bonds is 7. The monoisotopic (exact) mass is 420 g/mol. The minimum absolute atomic E-state index is 0.123. The predicted molar refractivity (Wildman–Crippen MR) is 121 cm³/mol. The summed E-state index contributed by atoms with van der Waals surface area (Å²) in [6, 6.07) is 15.7. The normalized spacial score (nSPS) is 11.4. The van der Waals surface area contributed by atoms with E-state index in [1.807, 2.05) is 22.9 Å². The molecule has 30 heavy (non-hydrogen) atoms. The first-order valence-corrected chi connectivity index (χ1v) is 10.4. The molecule has 0 bridgehead atoms. The average Bonchev–Trinajstić information content (AvgIpc) is 3.13. The van der Waals surface area contributed by atoms with Crippen LogP contribution in [0.4, 0.5) is 0 Å². The zero-order valence-electron chi connectivity index (χ0n) is 17.1. The van der Waals surface area contributed by atoms with Crippen LogP contribution in [0.2, 0.25) is 0 Å². The second-order valence-electron chi connectivity index (χ2n) is 7.15. The molecule has 0 aliphatic carbocycles. The van der Waals surface area contributed by atoms with Gasteiger partial charge in [0, 0.05) is 5.56 Å². The van der Waals surface area contributed by atoms with Crippen molar-refractivity contribution in [2.24, 2.45) is 0 Å². The lowest BCUT2D eigenvalue weighted by Gasteiger charge is -2.20. The van der Waals surface area contributed by atoms with Crippen molar-refractivity contribution in [3.63, 3.8) is 0 Å². The van der Waals surface area contributed by atoms with Crippen molar-refractivity contribution in [3.8, 4) is 11.4 Å². The Balaban J connectivity index is 1.55. The van der Waals surface area contributed by atoms with Gasteiger partial charge < -0.3 is 4.98 Å². The van der Waals surface area contributed by atoms with E-state index in [4.69, 9.17) is 12.2 Å². The summed E-state index contributed by atoms with van der Waals surface area (Å²) in [7, 11) is 0. The number of hydrogen-bond acceptors (Lipinski definition) is 5. The van der Waals surface area contributed by atoms with Crippen LogP contribution in [-0.2, 0) is 19.6 Å². The van der Waals surface area contributed by atoms with Gasteiger partial charge in [0.2, 0.25) is 4.77 Å². The summed E-state index contributed by atoms with van der Waals surface area (Å²) < 4.78 is 2.32. The number of H-pyrrole nitrogens is 2. The number of aryl methyl sites for hydroxylation is 1. The van der Waals surface area contributed by atoms with Crippen molar-refractivity contribution in [2.45, 2.75) is 33.5 Å². The van der Waals surface area contributed by atoms with E-state index in [0.717, 1.165) is 24.4 Å². The smallest absolute Gasteiger partial charge is 0.258 e. The Labute approximate surface area is 179 Å². The lowest BCUT2D eigenvalue weighted by Crippen LogP contribution is -2.28. The average molecular weight is 421 g/mol. The van der Waals surface area contributed by atoms with Crippen molar-refractivity contribution in [1.82, 2.24) is 29.6 Å². The van der Waals surface area contributed by atoms with Gasteiger partial charge in [0.1, 0.15) is 5.82 Å². The molecule has 4 aromatic rings. The van der Waals surface area contributed by atoms with Gasteiger partial charge in [-0.15, -0.1) is 0 Å². The fraction of sp³-hybridized carbons (Fsp3) is 0.273. The number of aromatic amines is 2. The quantitative estimate of drug-likeness (QED) is 0.443. The first kappa shape index (κ1) is 20.2. The second kappa shape index (κ2) is 8.73. The Bertz CT molecular complexity index is 1270. The number of benzene rings is 2. The van der Waals surface area contributed by atoms with Crippen molar-refractivity contribution in [2.75, 3.05) is 6.54 Å². The molecule has 0 atom stereocenters. The van der Waals surface area contributed by atoms with E-state index in [0.29, 0.717) is 34.7 Å². The van der Waals surface area contributed by atoms with Gasteiger partial charge in [0.25, 0.3) is 5.56 Å². The molecule has 8 heteroatoms. The lowest BCUT2D eigenvalue weighted by molar-refractivity contribution is 0.203. The van der Waals surface area contributed by atoms with Gasteiger partial charge in [-0.2, -0.15) is 4.98 Å². The third-order valence-electron chi connectivity index (χ3n) is 5.14. The van der Waals surface area contributed by atoms with E-state index in [9.17, 15) is 4.79 Å². The van der Waals surface area contributed by atoms with Crippen LogP contribution in [-0.4, -0.2) is 36.2 Å². The number of nitrogens with zero attached hydrogens (tertiary/aromatic N) is 4. The van der Waals surface area contributed by atoms with Crippen molar-refractivity contribution in [1.29, 1.82) is 0 Å². The second-order valence-corrected chi connectivity index (χ2v) is 7.51. The molecular formula is C22H24N6OS. The van der Waals surface area contributed by atoms with E-state index in [-0.39, 0.29) is 5.56 Å². The summed E-state index contributed by atoms with van der Waals surface area (Å²) >= 11 is 5.46. The fourth-order valence-corrected chi connectivity index (χ4v) is 3.56. The van der Waals surface area contributed by atoms with Crippen LogP contribution in [0.1, 0.15) is 25.2 Å². The Morgan fingerprint density at radius 2 is 1.83 bits per heavy atom. The number of nitrogens with one attached hydrogen (secondary N) is 2. The Morgan fingerprint density at radius 3 is 2.57 bits per heavy atom. The molecule has 2 N–H and O–H groups in total. The Morgan fingerprint density at radius 1 is 1.07 bits per heavy atom. The van der Waals surface area contributed by atoms with Crippen LogP contribution in [0.15, 0.2) is 53.3 Å². The third kappa shape index (κ3) is 4.24. The van der Waals surface area contributed by atoms with E-state index >= 15 is 0 Å². The van der Waals surface area contributed by atoms with Crippen molar-refractivity contribution < 1.29 is 0 Å². The van der Waals surface area contributed by atoms with Crippen LogP contribution in [0.25, 0.3) is 22.3 Å². The van der Waals surface area contributed by atoms with Crippen LogP contribution >= 0.6 is 12.2 Å². The molecule has 0 aliphatic heterocycles. The van der Waals surface area contributed by atoms with Gasteiger partial charge in [0.15, 0.2) is 5.82 Å². The molecule has 7 nitrogen and oxygen atoms in total. The minimum atomic E-state index is -0.123. The lowest BCUT2D eigenvalue weighted by atomic mass is 10.1.